The molecule has 25 heavy (non-hydrogen) atoms. The standard InChI is InChI=1S/C22H49N3/c1-3-4-5-6-7-8-9-10-11-12-13-14-15-16-17-18-19-25-22(20-23)21(2)24/h21-22,25H,3-20,23-24H2,1-2H3. The molecule has 0 spiro atoms. The fourth-order valence-electron chi connectivity index (χ4n) is 3.44. The lowest BCUT2D eigenvalue weighted by molar-refractivity contribution is 0.442. The molecule has 3 heteroatoms. The summed E-state index contributed by atoms with van der Waals surface area (Å²) in [5.41, 5.74) is 11.6. The molecular weight excluding hydrogens is 306 g/mol. The van der Waals surface area contributed by atoms with Crippen LogP contribution in [0.15, 0.2) is 0 Å². The molecule has 0 aromatic heterocycles. The number of unbranched alkanes of at least 4 members (excludes halogenated alkanes) is 15. The molecule has 5 N–H and O–H groups in total. The van der Waals surface area contributed by atoms with Gasteiger partial charge in [-0.15, -0.1) is 0 Å². The van der Waals surface area contributed by atoms with E-state index in [1.807, 2.05) is 6.92 Å². The summed E-state index contributed by atoms with van der Waals surface area (Å²) >= 11 is 0. The number of hydrogen-bond donors (Lipinski definition) is 3. The van der Waals surface area contributed by atoms with Gasteiger partial charge in [-0.05, 0) is 19.9 Å². The molecule has 0 saturated heterocycles. The minimum absolute atomic E-state index is 0.144. The molecule has 0 aliphatic rings. The summed E-state index contributed by atoms with van der Waals surface area (Å²) in [6, 6.07) is 0.419. The summed E-state index contributed by atoms with van der Waals surface area (Å²) in [6.45, 7) is 6.01. The molecule has 0 bridgehead atoms. The Morgan fingerprint density at radius 2 is 1.00 bits per heavy atom. The van der Waals surface area contributed by atoms with E-state index in [4.69, 9.17) is 11.5 Å². The first kappa shape index (κ1) is 24.9. The highest BCUT2D eigenvalue weighted by Crippen LogP contribution is 2.13. The van der Waals surface area contributed by atoms with Crippen LogP contribution in [0, 0.1) is 0 Å². The van der Waals surface area contributed by atoms with Gasteiger partial charge in [-0.25, -0.2) is 0 Å². The molecule has 0 fully saturated rings. The Bertz CT molecular complexity index is 243. The molecule has 3 nitrogen and oxygen atoms in total. The van der Waals surface area contributed by atoms with Crippen LogP contribution in [-0.4, -0.2) is 25.2 Å². The Morgan fingerprint density at radius 1 is 0.640 bits per heavy atom. The predicted molar refractivity (Wildman–Crippen MR) is 114 cm³/mol. The molecule has 0 rings (SSSR count). The highest BCUT2D eigenvalue weighted by atomic mass is 15.0. The van der Waals surface area contributed by atoms with Crippen LogP contribution >= 0.6 is 0 Å². The zero-order chi connectivity index (χ0) is 18.6. The van der Waals surface area contributed by atoms with Crippen LogP contribution in [0.3, 0.4) is 0 Å². The normalized spacial score (nSPS) is 13.9. The topological polar surface area (TPSA) is 64.1 Å². The number of nitrogens with one attached hydrogen (secondary N) is 1. The highest BCUT2D eigenvalue weighted by Gasteiger charge is 2.09. The Morgan fingerprint density at radius 3 is 1.32 bits per heavy atom. The lowest BCUT2D eigenvalue weighted by Gasteiger charge is -2.20. The molecule has 0 heterocycles. The van der Waals surface area contributed by atoms with Gasteiger partial charge in [0.2, 0.25) is 0 Å². The van der Waals surface area contributed by atoms with E-state index in [2.05, 4.69) is 12.2 Å². The van der Waals surface area contributed by atoms with Gasteiger partial charge in [-0.1, -0.05) is 103 Å². The Kier molecular flexibility index (Phi) is 20.1. The summed E-state index contributed by atoms with van der Waals surface area (Å²) in [4.78, 5) is 0. The van der Waals surface area contributed by atoms with Gasteiger partial charge in [0.15, 0.2) is 0 Å². The Labute approximate surface area is 159 Å². The first-order valence-corrected chi connectivity index (χ1v) is 11.4. The summed E-state index contributed by atoms with van der Waals surface area (Å²) in [6.07, 6.45) is 22.7. The first-order chi connectivity index (χ1) is 12.2. The third kappa shape index (κ3) is 18.5. The zero-order valence-electron chi connectivity index (χ0n) is 17.5. The van der Waals surface area contributed by atoms with Gasteiger partial charge in [0.05, 0.1) is 0 Å². The van der Waals surface area contributed by atoms with E-state index in [-0.39, 0.29) is 12.1 Å². The van der Waals surface area contributed by atoms with Crippen LogP contribution in [0.1, 0.15) is 117 Å². The van der Waals surface area contributed by atoms with Crippen molar-refractivity contribution in [2.75, 3.05) is 13.1 Å². The molecule has 0 amide bonds. The minimum Gasteiger partial charge on any atom is -0.329 e. The highest BCUT2D eigenvalue weighted by molar-refractivity contribution is 4.76. The fourth-order valence-corrected chi connectivity index (χ4v) is 3.44. The van der Waals surface area contributed by atoms with Crippen LogP contribution in [0.2, 0.25) is 0 Å². The predicted octanol–water partition coefficient (Wildman–Crippen LogP) is 5.51. The number of rotatable bonds is 20. The van der Waals surface area contributed by atoms with Crippen molar-refractivity contribution in [3.8, 4) is 0 Å². The summed E-state index contributed by atoms with van der Waals surface area (Å²) in [5, 5.41) is 3.47. The molecule has 0 radical (unpaired) electrons. The van der Waals surface area contributed by atoms with Gasteiger partial charge in [0, 0.05) is 18.6 Å². The quantitative estimate of drug-likeness (QED) is 0.252. The Hall–Kier alpha value is -0.120. The van der Waals surface area contributed by atoms with Crippen LogP contribution in [0.25, 0.3) is 0 Å². The van der Waals surface area contributed by atoms with Gasteiger partial charge in [0.25, 0.3) is 0 Å². The van der Waals surface area contributed by atoms with E-state index in [1.165, 1.54) is 103 Å². The zero-order valence-corrected chi connectivity index (χ0v) is 17.5. The first-order valence-electron chi connectivity index (χ1n) is 11.4. The summed E-state index contributed by atoms with van der Waals surface area (Å²) < 4.78 is 0. The van der Waals surface area contributed by atoms with E-state index in [0.717, 1.165) is 6.54 Å². The molecule has 2 unspecified atom stereocenters. The number of nitrogens with two attached hydrogens (primary N) is 2. The third-order valence-electron chi connectivity index (χ3n) is 5.33. The van der Waals surface area contributed by atoms with Crippen molar-refractivity contribution < 1.29 is 0 Å². The van der Waals surface area contributed by atoms with Crippen LogP contribution in [0.4, 0.5) is 0 Å². The molecule has 0 aromatic carbocycles. The van der Waals surface area contributed by atoms with E-state index in [9.17, 15) is 0 Å². The smallest absolute Gasteiger partial charge is 0.0339 e. The molecule has 152 valence electrons. The summed E-state index contributed by atoms with van der Waals surface area (Å²) in [7, 11) is 0. The lowest BCUT2D eigenvalue weighted by Crippen LogP contribution is -2.48. The molecule has 2 atom stereocenters. The van der Waals surface area contributed by atoms with Crippen molar-refractivity contribution in [3.05, 3.63) is 0 Å². The van der Waals surface area contributed by atoms with Crippen LogP contribution < -0.4 is 16.8 Å². The molecular formula is C22H49N3. The molecule has 0 aliphatic heterocycles. The maximum atomic E-state index is 5.88. The minimum atomic E-state index is 0.144. The van der Waals surface area contributed by atoms with Crippen molar-refractivity contribution in [2.45, 2.75) is 129 Å². The second-order valence-electron chi connectivity index (χ2n) is 7.96. The SMILES string of the molecule is CCCCCCCCCCCCCCCCCCNC(CN)C(C)N. The van der Waals surface area contributed by atoms with Gasteiger partial charge >= 0.3 is 0 Å². The van der Waals surface area contributed by atoms with Crippen LogP contribution in [0.5, 0.6) is 0 Å². The van der Waals surface area contributed by atoms with E-state index >= 15 is 0 Å². The van der Waals surface area contributed by atoms with E-state index in [1.54, 1.807) is 0 Å². The Balaban J connectivity index is 3.09. The molecule has 0 aromatic rings. The largest absolute Gasteiger partial charge is 0.329 e. The number of hydrogen-bond acceptors (Lipinski definition) is 3. The third-order valence-corrected chi connectivity index (χ3v) is 5.33. The maximum absolute atomic E-state index is 5.88. The van der Waals surface area contributed by atoms with Crippen molar-refractivity contribution in [2.24, 2.45) is 11.5 Å². The molecule has 0 saturated carbocycles. The van der Waals surface area contributed by atoms with E-state index < -0.39 is 0 Å². The van der Waals surface area contributed by atoms with Gasteiger partial charge in [-0.2, -0.15) is 0 Å². The second-order valence-corrected chi connectivity index (χ2v) is 7.96. The maximum Gasteiger partial charge on any atom is 0.0339 e. The van der Waals surface area contributed by atoms with Crippen molar-refractivity contribution in [3.63, 3.8) is 0 Å². The van der Waals surface area contributed by atoms with Crippen molar-refractivity contribution in [1.29, 1.82) is 0 Å². The van der Waals surface area contributed by atoms with Gasteiger partial charge < -0.3 is 16.8 Å². The van der Waals surface area contributed by atoms with Crippen molar-refractivity contribution in [1.82, 2.24) is 5.32 Å². The monoisotopic (exact) mass is 355 g/mol. The fraction of sp³-hybridized carbons (Fsp3) is 1.00. The molecule has 0 aliphatic carbocycles. The van der Waals surface area contributed by atoms with Crippen molar-refractivity contribution >= 4 is 0 Å². The average molecular weight is 356 g/mol. The van der Waals surface area contributed by atoms with Crippen LogP contribution in [-0.2, 0) is 0 Å². The summed E-state index contributed by atoms with van der Waals surface area (Å²) in [5.74, 6) is 0. The second kappa shape index (κ2) is 20.2. The average Bonchev–Trinajstić information content (AvgIpc) is 2.60. The lowest BCUT2D eigenvalue weighted by atomic mass is 10.0. The van der Waals surface area contributed by atoms with Gasteiger partial charge in [0.1, 0.15) is 0 Å². The van der Waals surface area contributed by atoms with E-state index in [0.29, 0.717) is 6.54 Å². The van der Waals surface area contributed by atoms with Gasteiger partial charge in [-0.3, -0.25) is 0 Å².